The zero-order chi connectivity index (χ0) is 12.4. The van der Waals surface area contributed by atoms with Crippen LogP contribution in [0.25, 0.3) is 10.2 Å². The molecule has 5 heteroatoms. The molecule has 0 spiro atoms. The Hall–Kier alpha value is -0.880. The van der Waals surface area contributed by atoms with Gasteiger partial charge in [0.15, 0.2) is 0 Å². The molecule has 0 radical (unpaired) electrons. The lowest BCUT2D eigenvalue weighted by molar-refractivity contribution is -0.258. The summed E-state index contributed by atoms with van der Waals surface area (Å²) >= 11 is 3.57. The molecule has 0 bridgehead atoms. The summed E-state index contributed by atoms with van der Waals surface area (Å²) in [6.07, 6.45) is 0. The van der Waals surface area contributed by atoms with Crippen LogP contribution in [0, 0.1) is 0 Å². The molecule has 0 aliphatic heterocycles. The predicted molar refractivity (Wildman–Crippen MR) is 78.2 cm³/mol. The van der Waals surface area contributed by atoms with Crippen LogP contribution in [0.5, 0.6) is 0 Å². The van der Waals surface area contributed by atoms with Gasteiger partial charge in [-0.05, 0) is 18.2 Å². The molecule has 0 unspecified atom stereocenters. The monoisotopic (exact) mass is 352 g/mol. The minimum absolute atomic E-state index is 0. The van der Waals surface area contributed by atoms with Crippen LogP contribution in [0.2, 0.25) is 0 Å². The summed E-state index contributed by atoms with van der Waals surface area (Å²) in [6, 6.07) is 16.5. The quantitative estimate of drug-likeness (QED) is 0.696. The molecule has 0 fully saturated rings. The van der Waals surface area contributed by atoms with Crippen molar-refractivity contribution in [3.63, 3.8) is 0 Å². The highest BCUT2D eigenvalue weighted by atomic mass is 79.9. The second kappa shape index (κ2) is 6.52. The van der Waals surface area contributed by atoms with Crippen molar-refractivity contribution in [2.45, 2.75) is 10.6 Å². The van der Waals surface area contributed by atoms with Gasteiger partial charge in [-0.2, -0.15) is 0 Å². The first-order valence-corrected chi connectivity index (χ1v) is 7.51. The van der Waals surface area contributed by atoms with Gasteiger partial charge in [0.05, 0.1) is 20.9 Å². The first-order valence-electron chi connectivity index (χ1n) is 5.71. The standard InChI is InChI=1S/C14H12N2S2.BrH/c15-10-5-1-3-7-12(10)17-9-14-16-11-6-2-4-8-13(11)18-14;/h1-8H,9,15H2;1H. The lowest BCUT2D eigenvalue weighted by atomic mass is 10.3. The van der Waals surface area contributed by atoms with Gasteiger partial charge in [-0.15, -0.1) is 23.1 Å². The Morgan fingerprint density at radius 1 is 1.05 bits per heavy atom. The first kappa shape index (κ1) is 14.5. The van der Waals surface area contributed by atoms with Crippen LogP contribution in [-0.4, -0.2) is 4.98 Å². The molecule has 0 atom stereocenters. The van der Waals surface area contributed by atoms with Gasteiger partial charge in [0.2, 0.25) is 0 Å². The van der Waals surface area contributed by atoms with Gasteiger partial charge >= 0.3 is 0 Å². The van der Waals surface area contributed by atoms with Crippen molar-refractivity contribution < 1.29 is 22.7 Å². The minimum Gasteiger partial charge on any atom is -1.00 e. The van der Waals surface area contributed by atoms with Gasteiger partial charge in [0.25, 0.3) is 0 Å². The maximum absolute atomic E-state index is 4.63. The molecule has 3 rings (SSSR count). The molecule has 1 aromatic heterocycles. The van der Waals surface area contributed by atoms with Crippen molar-refractivity contribution in [3.8, 4) is 0 Å². The summed E-state index contributed by atoms with van der Waals surface area (Å²) in [7, 11) is 0. The summed E-state index contributed by atoms with van der Waals surface area (Å²) in [5, 5.41) is 1.17. The SMILES string of the molecule is [Br-].[NH3+]c1ccccc1SCc1nc2ccccc2s1. The maximum Gasteiger partial charge on any atom is 0.141 e. The molecule has 19 heavy (non-hydrogen) atoms. The average molecular weight is 353 g/mol. The number of hydrogen-bond acceptors (Lipinski definition) is 3. The van der Waals surface area contributed by atoms with Gasteiger partial charge in [-0.1, -0.05) is 24.3 Å². The Morgan fingerprint density at radius 3 is 2.58 bits per heavy atom. The molecule has 0 amide bonds. The first-order chi connectivity index (χ1) is 8.83. The highest BCUT2D eigenvalue weighted by Gasteiger charge is 2.06. The summed E-state index contributed by atoms with van der Waals surface area (Å²) in [5.74, 6) is 0.909. The third kappa shape index (κ3) is 3.36. The van der Waals surface area contributed by atoms with E-state index in [0.717, 1.165) is 17.0 Å². The number of thioether (sulfide) groups is 1. The molecule has 0 aliphatic rings. The Morgan fingerprint density at radius 2 is 1.79 bits per heavy atom. The topological polar surface area (TPSA) is 40.5 Å². The number of halogens is 1. The molecule has 3 N–H and O–H groups in total. The van der Waals surface area contributed by atoms with E-state index >= 15 is 0 Å². The van der Waals surface area contributed by atoms with Crippen LogP contribution < -0.4 is 22.7 Å². The molecule has 0 saturated carbocycles. The zero-order valence-electron chi connectivity index (χ0n) is 10.2. The maximum atomic E-state index is 4.63. The van der Waals surface area contributed by atoms with Crippen LogP contribution in [0.4, 0.5) is 5.69 Å². The predicted octanol–water partition coefficient (Wildman–Crippen LogP) is 0.466. The summed E-state index contributed by atoms with van der Waals surface area (Å²) in [5.41, 5.74) is 6.22. The smallest absolute Gasteiger partial charge is 0.141 e. The number of hydrogen-bond donors (Lipinski definition) is 1. The van der Waals surface area contributed by atoms with E-state index in [1.165, 1.54) is 14.6 Å². The Kier molecular flexibility index (Phi) is 4.99. The normalized spacial score (nSPS) is 10.4. The van der Waals surface area contributed by atoms with Crippen LogP contribution >= 0.6 is 23.1 Å². The molecular weight excluding hydrogens is 340 g/mol. The van der Waals surface area contributed by atoms with E-state index in [0.29, 0.717) is 0 Å². The lowest BCUT2D eigenvalue weighted by Gasteiger charge is -1.99. The fraction of sp³-hybridized carbons (Fsp3) is 0.0714. The van der Waals surface area contributed by atoms with Gasteiger partial charge in [0, 0.05) is 6.07 Å². The molecule has 0 saturated heterocycles. The summed E-state index contributed by atoms with van der Waals surface area (Å²) < 4.78 is 1.26. The zero-order valence-corrected chi connectivity index (χ0v) is 13.4. The minimum atomic E-state index is 0. The number of aromatic nitrogens is 1. The van der Waals surface area contributed by atoms with E-state index in [9.17, 15) is 0 Å². The Bertz CT molecular complexity index is 649. The summed E-state index contributed by atoms with van der Waals surface area (Å²) in [6.45, 7) is 0. The van der Waals surface area contributed by atoms with E-state index in [1.807, 2.05) is 18.2 Å². The van der Waals surface area contributed by atoms with Crippen molar-refractivity contribution in [2.75, 3.05) is 0 Å². The van der Waals surface area contributed by atoms with Gasteiger partial charge in [-0.3, -0.25) is 0 Å². The lowest BCUT2D eigenvalue weighted by Crippen LogP contribution is -3.00. The Labute approximate surface area is 130 Å². The largest absolute Gasteiger partial charge is 1.00 e. The van der Waals surface area contributed by atoms with Crippen molar-refractivity contribution >= 4 is 39.0 Å². The van der Waals surface area contributed by atoms with Crippen molar-refractivity contribution in [1.82, 2.24) is 4.98 Å². The van der Waals surface area contributed by atoms with Crippen LogP contribution in [0.3, 0.4) is 0 Å². The molecule has 2 aromatic carbocycles. The Balaban J connectivity index is 0.00000133. The van der Waals surface area contributed by atoms with Gasteiger partial charge in [-0.25, -0.2) is 4.98 Å². The second-order valence-electron chi connectivity index (χ2n) is 3.97. The number of fused-ring (bicyclic) bond motifs is 1. The molecule has 3 aromatic rings. The number of quaternary nitrogens is 1. The highest BCUT2D eigenvalue weighted by molar-refractivity contribution is 7.98. The number of para-hydroxylation sites is 1. The highest BCUT2D eigenvalue weighted by Crippen LogP contribution is 2.30. The average Bonchev–Trinajstić information content (AvgIpc) is 2.80. The van der Waals surface area contributed by atoms with Gasteiger partial charge < -0.3 is 22.7 Å². The third-order valence-electron chi connectivity index (χ3n) is 2.66. The van der Waals surface area contributed by atoms with Crippen molar-refractivity contribution in [2.24, 2.45) is 0 Å². The molecule has 98 valence electrons. The number of nitrogens with zero attached hydrogens (tertiary/aromatic N) is 1. The van der Waals surface area contributed by atoms with Crippen LogP contribution in [-0.2, 0) is 5.75 Å². The summed E-state index contributed by atoms with van der Waals surface area (Å²) in [4.78, 5) is 5.87. The molecule has 0 aliphatic carbocycles. The molecule has 1 heterocycles. The van der Waals surface area contributed by atoms with E-state index in [2.05, 4.69) is 41.0 Å². The van der Waals surface area contributed by atoms with Crippen LogP contribution in [0.1, 0.15) is 5.01 Å². The van der Waals surface area contributed by atoms with E-state index in [1.54, 1.807) is 23.1 Å². The second-order valence-corrected chi connectivity index (χ2v) is 6.10. The number of thiazole rings is 1. The third-order valence-corrected chi connectivity index (χ3v) is 5.01. The molecule has 2 nitrogen and oxygen atoms in total. The van der Waals surface area contributed by atoms with Crippen molar-refractivity contribution in [3.05, 3.63) is 53.5 Å². The number of rotatable bonds is 3. The van der Waals surface area contributed by atoms with Crippen molar-refractivity contribution in [1.29, 1.82) is 0 Å². The fourth-order valence-corrected chi connectivity index (χ4v) is 3.71. The fourth-order valence-electron chi connectivity index (χ4n) is 1.77. The number of benzene rings is 2. The van der Waals surface area contributed by atoms with Crippen LogP contribution in [0.15, 0.2) is 53.4 Å². The van der Waals surface area contributed by atoms with E-state index in [4.69, 9.17) is 0 Å². The van der Waals surface area contributed by atoms with E-state index in [-0.39, 0.29) is 17.0 Å². The molecular formula is C14H13BrN2S2. The van der Waals surface area contributed by atoms with E-state index < -0.39 is 0 Å². The van der Waals surface area contributed by atoms with Gasteiger partial charge in [0.1, 0.15) is 10.7 Å².